The number of anilines is 1. The van der Waals surface area contributed by atoms with Crippen molar-refractivity contribution in [3.8, 4) is 5.75 Å². The highest BCUT2D eigenvalue weighted by Crippen LogP contribution is 2.28. The van der Waals surface area contributed by atoms with Crippen LogP contribution >= 0.6 is 11.3 Å². The van der Waals surface area contributed by atoms with Gasteiger partial charge in [0.25, 0.3) is 5.91 Å². The van der Waals surface area contributed by atoms with Crippen molar-refractivity contribution < 1.29 is 19.5 Å². The van der Waals surface area contributed by atoms with Crippen molar-refractivity contribution in [2.24, 2.45) is 0 Å². The molecule has 128 valence electrons. The van der Waals surface area contributed by atoms with E-state index >= 15 is 0 Å². The molecule has 0 aliphatic heterocycles. The molecule has 6 nitrogen and oxygen atoms in total. The molecule has 0 unspecified atom stereocenters. The molecule has 25 heavy (non-hydrogen) atoms. The number of amides is 2. The van der Waals surface area contributed by atoms with Crippen LogP contribution in [0.1, 0.15) is 15.2 Å². The lowest BCUT2D eigenvalue weighted by Crippen LogP contribution is -2.16. The van der Waals surface area contributed by atoms with Crippen molar-refractivity contribution in [3.63, 3.8) is 0 Å². The third kappa shape index (κ3) is 3.96. The van der Waals surface area contributed by atoms with Crippen LogP contribution in [0.2, 0.25) is 0 Å². The summed E-state index contributed by atoms with van der Waals surface area (Å²) in [5, 5.41) is 12.4. The van der Waals surface area contributed by atoms with Crippen LogP contribution in [0, 0.1) is 0 Å². The number of methoxy groups -OCH3 is 1. The molecule has 0 fully saturated rings. The third-order valence-electron chi connectivity index (χ3n) is 3.63. The highest BCUT2D eigenvalue weighted by Gasteiger charge is 2.11. The summed E-state index contributed by atoms with van der Waals surface area (Å²) in [5.41, 5.74) is 3.13. The maximum Gasteiger partial charge on any atom is 0.284 e. The van der Waals surface area contributed by atoms with E-state index in [2.05, 4.69) is 5.32 Å². The first kappa shape index (κ1) is 16.9. The Morgan fingerprint density at radius 3 is 2.76 bits per heavy atom. The molecule has 2 aromatic carbocycles. The monoisotopic (exact) mass is 356 g/mol. The number of rotatable bonds is 5. The van der Waals surface area contributed by atoms with Crippen molar-refractivity contribution >= 4 is 38.9 Å². The molecule has 0 radical (unpaired) electrons. The minimum atomic E-state index is -0.551. The molecule has 2 amide bonds. The van der Waals surface area contributed by atoms with Crippen molar-refractivity contribution in [2.45, 2.75) is 6.42 Å². The summed E-state index contributed by atoms with van der Waals surface area (Å²) in [6, 6.07) is 14.4. The normalized spacial score (nSPS) is 10.5. The van der Waals surface area contributed by atoms with Crippen LogP contribution in [0.15, 0.2) is 48.5 Å². The fraction of sp³-hybridized carbons (Fsp3) is 0.111. The molecule has 3 N–H and O–H groups in total. The Morgan fingerprint density at radius 1 is 1.16 bits per heavy atom. The predicted molar refractivity (Wildman–Crippen MR) is 96.4 cm³/mol. The smallest absolute Gasteiger partial charge is 0.284 e. The quantitative estimate of drug-likeness (QED) is 0.484. The van der Waals surface area contributed by atoms with Crippen LogP contribution in [0.5, 0.6) is 5.75 Å². The van der Waals surface area contributed by atoms with Crippen LogP contribution in [0.25, 0.3) is 10.1 Å². The van der Waals surface area contributed by atoms with E-state index in [1.165, 1.54) is 11.3 Å². The average molecular weight is 356 g/mol. The molecule has 0 atom stereocenters. The van der Waals surface area contributed by atoms with Gasteiger partial charge in [-0.05, 0) is 41.3 Å². The number of benzene rings is 2. The van der Waals surface area contributed by atoms with Crippen molar-refractivity contribution in [2.75, 3.05) is 12.4 Å². The molecular weight excluding hydrogens is 340 g/mol. The Bertz CT molecular complexity index is 936. The van der Waals surface area contributed by atoms with E-state index in [-0.39, 0.29) is 12.3 Å². The summed E-state index contributed by atoms with van der Waals surface area (Å²) in [4.78, 5) is 24.1. The molecule has 0 saturated heterocycles. The number of hydrogen-bond donors (Lipinski definition) is 3. The molecule has 3 rings (SSSR count). The maximum absolute atomic E-state index is 12.2. The predicted octanol–water partition coefficient (Wildman–Crippen LogP) is 3.21. The molecule has 0 spiro atoms. The summed E-state index contributed by atoms with van der Waals surface area (Å²) in [6.07, 6.45) is 0.234. The second kappa shape index (κ2) is 7.33. The van der Waals surface area contributed by atoms with E-state index in [0.717, 1.165) is 15.6 Å². The Labute approximate surface area is 148 Å². The van der Waals surface area contributed by atoms with E-state index in [1.54, 1.807) is 30.8 Å². The lowest BCUT2D eigenvalue weighted by molar-refractivity contribution is -0.115. The van der Waals surface area contributed by atoms with Gasteiger partial charge in [-0.2, -0.15) is 0 Å². The van der Waals surface area contributed by atoms with Gasteiger partial charge in [0.2, 0.25) is 5.91 Å². The Balaban J connectivity index is 1.73. The summed E-state index contributed by atoms with van der Waals surface area (Å²) in [5.74, 6) is 0.0160. The van der Waals surface area contributed by atoms with E-state index < -0.39 is 5.91 Å². The van der Waals surface area contributed by atoms with E-state index in [1.807, 2.05) is 30.3 Å². The van der Waals surface area contributed by atoms with Crippen LogP contribution < -0.4 is 15.5 Å². The van der Waals surface area contributed by atoms with Gasteiger partial charge in [0.15, 0.2) is 0 Å². The van der Waals surface area contributed by atoms with E-state index in [9.17, 15) is 9.59 Å². The molecule has 1 aromatic heterocycles. The number of carbonyl (C=O) groups excluding carboxylic acids is 2. The largest absolute Gasteiger partial charge is 0.497 e. The lowest BCUT2D eigenvalue weighted by Gasteiger charge is -2.07. The molecule has 0 aliphatic carbocycles. The number of carbonyl (C=O) groups is 2. The minimum Gasteiger partial charge on any atom is -0.497 e. The Kier molecular flexibility index (Phi) is 4.97. The van der Waals surface area contributed by atoms with E-state index in [4.69, 9.17) is 9.94 Å². The third-order valence-corrected chi connectivity index (χ3v) is 4.72. The maximum atomic E-state index is 12.2. The van der Waals surface area contributed by atoms with Gasteiger partial charge in [-0.25, -0.2) is 5.48 Å². The summed E-state index contributed by atoms with van der Waals surface area (Å²) in [7, 11) is 1.58. The number of fused-ring (bicyclic) bond motifs is 1. The van der Waals surface area contributed by atoms with Crippen LogP contribution in [0.4, 0.5) is 5.69 Å². The zero-order valence-electron chi connectivity index (χ0n) is 13.4. The van der Waals surface area contributed by atoms with Crippen molar-refractivity contribution in [3.05, 3.63) is 59.0 Å². The fourth-order valence-electron chi connectivity index (χ4n) is 2.45. The highest BCUT2D eigenvalue weighted by atomic mass is 32.1. The molecule has 1 heterocycles. The molecule has 3 aromatic rings. The zero-order chi connectivity index (χ0) is 17.8. The van der Waals surface area contributed by atoms with Gasteiger partial charge < -0.3 is 10.1 Å². The van der Waals surface area contributed by atoms with Crippen LogP contribution in [0.3, 0.4) is 0 Å². The molecular formula is C18H16N2O4S. The average Bonchev–Trinajstić information content (AvgIpc) is 3.04. The first-order chi connectivity index (χ1) is 12.1. The van der Waals surface area contributed by atoms with Crippen LogP contribution in [-0.4, -0.2) is 24.1 Å². The molecule has 7 heteroatoms. The summed E-state index contributed by atoms with van der Waals surface area (Å²) < 4.78 is 6.00. The van der Waals surface area contributed by atoms with Gasteiger partial charge in [0, 0.05) is 10.4 Å². The SMILES string of the molecule is COc1cccc(CC(=O)Nc2ccc3cc(C(=O)NO)sc3c2)c1. The van der Waals surface area contributed by atoms with Crippen LogP contribution in [-0.2, 0) is 11.2 Å². The Morgan fingerprint density at radius 2 is 2.00 bits per heavy atom. The van der Waals surface area contributed by atoms with Crippen molar-refractivity contribution in [1.29, 1.82) is 0 Å². The number of hydrogen-bond acceptors (Lipinski definition) is 5. The summed E-state index contributed by atoms with van der Waals surface area (Å²) >= 11 is 1.24. The van der Waals surface area contributed by atoms with Gasteiger partial charge in [-0.1, -0.05) is 18.2 Å². The first-order valence-corrected chi connectivity index (χ1v) is 8.31. The van der Waals surface area contributed by atoms with E-state index in [0.29, 0.717) is 16.3 Å². The molecule has 0 saturated carbocycles. The van der Waals surface area contributed by atoms with Gasteiger partial charge >= 0.3 is 0 Å². The first-order valence-electron chi connectivity index (χ1n) is 7.50. The lowest BCUT2D eigenvalue weighted by atomic mass is 10.1. The second-order valence-corrected chi connectivity index (χ2v) is 6.46. The van der Waals surface area contributed by atoms with Crippen molar-refractivity contribution in [1.82, 2.24) is 5.48 Å². The standard InChI is InChI=1S/C18H16N2O4S/c1-24-14-4-2-3-11(7-14)8-17(21)19-13-6-5-12-9-16(18(22)20-23)25-15(12)10-13/h2-7,9-10,23H,8H2,1H3,(H,19,21)(H,20,22). The number of thiophene rings is 1. The highest BCUT2D eigenvalue weighted by molar-refractivity contribution is 7.20. The summed E-state index contributed by atoms with van der Waals surface area (Å²) in [6.45, 7) is 0. The van der Waals surface area contributed by atoms with Gasteiger partial charge in [0.1, 0.15) is 5.75 Å². The second-order valence-electron chi connectivity index (χ2n) is 5.38. The van der Waals surface area contributed by atoms with Gasteiger partial charge in [-0.15, -0.1) is 11.3 Å². The molecule has 0 bridgehead atoms. The number of nitrogens with one attached hydrogen (secondary N) is 2. The fourth-order valence-corrected chi connectivity index (χ4v) is 3.44. The zero-order valence-corrected chi connectivity index (χ0v) is 14.2. The van der Waals surface area contributed by atoms with Gasteiger partial charge in [0.05, 0.1) is 18.4 Å². The topological polar surface area (TPSA) is 87.7 Å². The number of ether oxygens (including phenoxy) is 1. The minimum absolute atomic E-state index is 0.141. The van der Waals surface area contributed by atoms with Gasteiger partial charge in [-0.3, -0.25) is 14.8 Å². The molecule has 0 aliphatic rings. The Hall–Kier alpha value is -2.90. The number of hydroxylamine groups is 1.